The van der Waals surface area contributed by atoms with E-state index < -0.39 is 0 Å². The lowest BCUT2D eigenvalue weighted by atomic mass is 10.0. The average Bonchev–Trinajstić information content (AvgIpc) is 3.41. The van der Waals surface area contributed by atoms with Gasteiger partial charge in [0, 0.05) is 18.3 Å². The number of piperidine rings is 1. The minimum absolute atomic E-state index is 0.162. The Morgan fingerprint density at radius 3 is 2.81 bits per heavy atom. The zero-order valence-electron chi connectivity index (χ0n) is 14.8. The molecule has 26 heavy (non-hydrogen) atoms. The fourth-order valence-corrected chi connectivity index (χ4v) is 3.51. The number of carbonyl (C=O) groups is 1. The van der Waals surface area contributed by atoms with Crippen molar-refractivity contribution in [3.63, 3.8) is 0 Å². The highest BCUT2D eigenvalue weighted by molar-refractivity contribution is 5.89. The predicted octanol–water partition coefficient (Wildman–Crippen LogP) is 2.18. The van der Waals surface area contributed by atoms with Crippen molar-refractivity contribution in [1.82, 2.24) is 30.4 Å². The summed E-state index contributed by atoms with van der Waals surface area (Å²) in [5, 5.41) is 18.1. The first-order valence-corrected chi connectivity index (χ1v) is 9.40. The van der Waals surface area contributed by atoms with E-state index in [-0.39, 0.29) is 6.03 Å². The Hall–Kier alpha value is -2.48. The Labute approximate surface area is 152 Å². The molecule has 1 saturated heterocycles. The molecule has 8 heteroatoms. The molecule has 138 valence electrons. The molecular weight excluding hydrogens is 330 g/mol. The summed E-state index contributed by atoms with van der Waals surface area (Å²) in [5.74, 6) is 0.938. The minimum Gasteiger partial charge on any atom is -0.336 e. The van der Waals surface area contributed by atoms with Gasteiger partial charge in [-0.2, -0.15) is 0 Å². The van der Waals surface area contributed by atoms with Crippen molar-refractivity contribution in [2.24, 2.45) is 0 Å². The van der Waals surface area contributed by atoms with E-state index >= 15 is 0 Å². The van der Waals surface area contributed by atoms with Crippen LogP contribution in [0.5, 0.6) is 0 Å². The lowest BCUT2D eigenvalue weighted by molar-refractivity contribution is 0.133. The van der Waals surface area contributed by atoms with Gasteiger partial charge >= 0.3 is 6.03 Å². The van der Waals surface area contributed by atoms with Crippen LogP contribution in [0.1, 0.15) is 44.0 Å². The van der Waals surface area contributed by atoms with Crippen LogP contribution < -0.4 is 10.6 Å². The fraction of sp³-hybridized carbons (Fsp3) is 0.556. The van der Waals surface area contributed by atoms with Gasteiger partial charge in [0.2, 0.25) is 0 Å². The maximum atomic E-state index is 12.2. The molecule has 4 rings (SSSR count). The Morgan fingerprint density at radius 1 is 1.15 bits per heavy atom. The van der Waals surface area contributed by atoms with Gasteiger partial charge in [0.1, 0.15) is 0 Å². The number of nitrogens with zero attached hydrogens (tertiary/aromatic N) is 5. The quantitative estimate of drug-likeness (QED) is 0.829. The molecular formula is C18H25N7O. The third-order valence-corrected chi connectivity index (χ3v) is 5.08. The van der Waals surface area contributed by atoms with Crippen LogP contribution in [0.3, 0.4) is 0 Å². The van der Waals surface area contributed by atoms with Crippen molar-refractivity contribution < 1.29 is 4.79 Å². The number of urea groups is 1. The summed E-state index contributed by atoms with van der Waals surface area (Å²) in [5.41, 5.74) is 0.800. The monoisotopic (exact) mass is 355 g/mol. The van der Waals surface area contributed by atoms with Gasteiger partial charge in [0.15, 0.2) is 5.82 Å². The van der Waals surface area contributed by atoms with Gasteiger partial charge in [0.05, 0.1) is 12.6 Å². The third kappa shape index (κ3) is 4.19. The Balaban J connectivity index is 1.32. The number of rotatable bonds is 6. The lowest BCUT2D eigenvalue weighted by Gasteiger charge is -2.35. The molecule has 1 unspecified atom stereocenters. The summed E-state index contributed by atoms with van der Waals surface area (Å²) in [6.07, 6.45) is 5.79. The number of amides is 2. The Morgan fingerprint density at radius 2 is 2.00 bits per heavy atom. The summed E-state index contributed by atoms with van der Waals surface area (Å²) >= 11 is 0. The normalized spacial score (nSPS) is 20.7. The van der Waals surface area contributed by atoms with Gasteiger partial charge in [-0.25, -0.2) is 9.48 Å². The van der Waals surface area contributed by atoms with Crippen LogP contribution >= 0.6 is 0 Å². The molecule has 1 aliphatic carbocycles. The standard InChI is InChI=1S/C18H25N7O/c26-18(20-14-6-2-1-3-7-14)19-12-16-8-4-5-11-24(16)13-17-21-22-23-25(17)15-9-10-15/h1-3,6-7,15-16H,4-5,8-13H2,(H2,19,20,26). The predicted molar refractivity (Wildman–Crippen MR) is 97.6 cm³/mol. The maximum absolute atomic E-state index is 12.2. The molecule has 1 aromatic heterocycles. The van der Waals surface area contributed by atoms with Crippen molar-refractivity contribution in [3.8, 4) is 0 Å². The molecule has 0 spiro atoms. The van der Waals surface area contributed by atoms with Gasteiger partial charge in [0.25, 0.3) is 0 Å². The van der Waals surface area contributed by atoms with E-state index in [0.717, 1.165) is 31.0 Å². The number of hydrogen-bond donors (Lipinski definition) is 2. The third-order valence-electron chi connectivity index (χ3n) is 5.08. The summed E-state index contributed by atoms with van der Waals surface area (Å²) < 4.78 is 1.97. The molecule has 2 aromatic rings. The SMILES string of the molecule is O=C(NCC1CCCCN1Cc1nnnn1C1CC1)Nc1ccccc1. The molecule has 2 heterocycles. The summed E-state index contributed by atoms with van der Waals surface area (Å²) in [7, 11) is 0. The van der Waals surface area contributed by atoms with E-state index in [1.807, 2.05) is 35.0 Å². The number of nitrogens with one attached hydrogen (secondary N) is 2. The van der Waals surface area contributed by atoms with Crippen LogP contribution in [0.2, 0.25) is 0 Å². The number of aromatic nitrogens is 4. The molecule has 0 radical (unpaired) electrons. The molecule has 0 bridgehead atoms. The van der Waals surface area contributed by atoms with E-state index in [0.29, 0.717) is 18.6 Å². The van der Waals surface area contributed by atoms with Crippen LogP contribution in [-0.2, 0) is 6.54 Å². The molecule has 2 fully saturated rings. The van der Waals surface area contributed by atoms with Crippen LogP contribution in [-0.4, -0.2) is 50.3 Å². The highest BCUT2D eigenvalue weighted by atomic mass is 16.2. The molecule has 1 saturated carbocycles. The largest absolute Gasteiger partial charge is 0.336 e. The number of carbonyl (C=O) groups excluding carboxylic acids is 1. The smallest absolute Gasteiger partial charge is 0.319 e. The van der Waals surface area contributed by atoms with Crippen molar-refractivity contribution in [2.75, 3.05) is 18.4 Å². The average molecular weight is 355 g/mol. The van der Waals surface area contributed by atoms with Gasteiger partial charge < -0.3 is 10.6 Å². The molecule has 2 amide bonds. The maximum Gasteiger partial charge on any atom is 0.319 e. The first kappa shape index (κ1) is 17.0. The second-order valence-corrected chi connectivity index (χ2v) is 7.09. The van der Waals surface area contributed by atoms with Crippen molar-refractivity contribution in [2.45, 2.75) is 50.7 Å². The summed E-state index contributed by atoms with van der Waals surface area (Å²) in [4.78, 5) is 14.6. The number of likely N-dealkylation sites (tertiary alicyclic amines) is 1. The molecule has 2 aliphatic rings. The first-order valence-electron chi connectivity index (χ1n) is 9.40. The van der Waals surface area contributed by atoms with Crippen LogP contribution in [0.4, 0.5) is 10.5 Å². The van der Waals surface area contributed by atoms with Crippen LogP contribution in [0, 0.1) is 0 Å². The van der Waals surface area contributed by atoms with E-state index in [1.54, 1.807) is 0 Å². The lowest BCUT2D eigenvalue weighted by Crippen LogP contribution is -2.47. The van der Waals surface area contributed by atoms with E-state index in [1.165, 1.54) is 25.7 Å². The number of hydrogen-bond acceptors (Lipinski definition) is 5. The zero-order chi connectivity index (χ0) is 17.8. The highest BCUT2D eigenvalue weighted by Crippen LogP contribution is 2.34. The second kappa shape index (κ2) is 7.82. The fourth-order valence-electron chi connectivity index (χ4n) is 3.51. The zero-order valence-corrected chi connectivity index (χ0v) is 14.8. The van der Waals surface area contributed by atoms with Crippen molar-refractivity contribution >= 4 is 11.7 Å². The number of tetrazole rings is 1. The van der Waals surface area contributed by atoms with E-state index in [9.17, 15) is 4.79 Å². The highest BCUT2D eigenvalue weighted by Gasteiger charge is 2.30. The topological polar surface area (TPSA) is 88.0 Å². The number of anilines is 1. The van der Waals surface area contributed by atoms with Crippen molar-refractivity contribution in [1.29, 1.82) is 0 Å². The van der Waals surface area contributed by atoms with Crippen LogP contribution in [0.25, 0.3) is 0 Å². The van der Waals surface area contributed by atoms with E-state index in [2.05, 4.69) is 31.1 Å². The number of benzene rings is 1. The van der Waals surface area contributed by atoms with Gasteiger partial charge in [-0.05, 0) is 54.8 Å². The van der Waals surface area contributed by atoms with Gasteiger partial charge in [-0.15, -0.1) is 5.10 Å². The van der Waals surface area contributed by atoms with Gasteiger partial charge in [-0.1, -0.05) is 24.6 Å². The second-order valence-electron chi connectivity index (χ2n) is 7.09. The minimum atomic E-state index is -0.162. The molecule has 1 aromatic carbocycles. The Kier molecular flexibility index (Phi) is 5.10. The first-order chi connectivity index (χ1) is 12.8. The Bertz CT molecular complexity index is 728. The summed E-state index contributed by atoms with van der Waals surface area (Å²) in [6.45, 7) is 2.39. The molecule has 2 N–H and O–H groups in total. The summed E-state index contributed by atoms with van der Waals surface area (Å²) in [6, 6.07) is 10.1. The number of para-hydroxylation sites is 1. The molecule has 8 nitrogen and oxygen atoms in total. The van der Waals surface area contributed by atoms with Crippen LogP contribution in [0.15, 0.2) is 30.3 Å². The molecule has 1 atom stereocenters. The van der Waals surface area contributed by atoms with E-state index in [4.69, 9.17) is 0 Å². The van der Waals surface area contributed by atoms with Crippen molar-refractivity contribution in [3.05, 3.63) is 36.2 Å². The molecule has 1 aliphatic heterocycles. The van der Waals surface area contributed by atoms with Gasteiger partial charge in [-0.3, -0.25) is 4.90 Å².